The van der Waals surface area contributed by atoms with Crippen molar-refractivity contribution in [3.8, 4) is 0 Å². The number of methoxy groups -OCH3 is 1. The van der Waals surface area contributed by atoms with Gasteiger partial charge in [0.15, 0.2) is 6.61 Å². The normalized spacial score (nSPS) is 10.5. The summed E-state index contributed by atoms with van der Waals surface area (Å²) in [4.78, 5) is 28.2. The number of aryl methyl sites for hydroxylation is 2. The SMILES string of the molecule is COC(=O)c1ccc(/C=N/OCC(=O)Nc2cc(C)cc(C)c2)cc1. The van der Waals surface area contributed by atoms with Crippen LogP contribution in [0.5, 0.6) is 0 Å². The number of anilines is 1. The Labute approximate surface area is 146 Å². The first-order chi connectivity index (χ1) is 12.0. The lowest BCUT2D eigenvalue weighted by Gasteiger charge is -2.06. The van der Waals surface area contributed by atoms with Gasteiger partial charge in [0, 0.05) is 5.69 Å². The second kappa shape index (κ2) is 8.63. The molecule has 0 aliphatic rings. The van der Waals surface area contributed by atoms with Gasteiger partial charge in [-0.05, 0) is 54.8 Å². The molecule has 0 heterocycles. The maximum absolute atomic E-state index is 11.8. The molecule has 2 aromatic rings. The highest BCUT2D eigenvalue weighted by Gasteiger charge is 2.05. The van der Waals surface area contributed by atoms with E-state index in [0.29, 0.717) is 5.56 Å². The molecule has 0 aliphatic carbocycles. The number of oxime groups is 1. The Morgan fingerprint density at radius 3 is 2.32 bits per heavy atom. The van der Waals surface area contributed by atoms with E-state index in [-0.39, 0.29) is 12.5 Å². The molecule has 6 nitrogen and oxygen atoms in total. The van der Waals surface area contributed by atoms with Crippen molar-refractivity contribution < 1.29 is 19.2 Å². The third kappa shape index (κ3) is 5.76. The van der Waals surface area contributed by atoms with E-state index in [4.69, 9.17) is 4.84 Å². The maximum atomic E-state index is 11.8. The predicted molar refractivity (Wildman–Crippen MR) is 95.9 cm³/mol. The molecular formula is C19H20N2O4. The van der Waals surface area contributed by atoms with E-state index in [2.05, 4.69) is 15.2 Å². The number of ether oxygens (including phenoxy) is 1. The molecule has 0 bridgehead atoms. The summed E-state index contributed by atoms with van der Waals surface area (Å²) in [6, 6.07) is 12.5. The fraction of sp³-hybridized carbons (Fsp3) is 0.211. The Bertz CT molecular complexity index is 762. The minimum atomic E-state index is -0.400. The first-order valence-corrected chi connectivity index (χ1v) is 7.70. The zero-order valence-electron chi connectivity index (χ0n) is 14.4. The van der Waals surface area contributed by atoms with Crippen LogP contribution in [0, 0.1) is 13.8 Å². The first-order valence-electron chi connectivity index (χ1n) is 7.70. The summed E-state index contributed by atoms with van der Waals surface area (Å²) >= 11 is 0. The van der Waals surface area contributed by atoms with E-state index in [1.807, 2.05) is 32.0 Å². The predicted octanol–water partition coefficient (Wildman–Crippen LogP) is 3.08. The van der Waals surface area contributed by atoms with Crippen LogP contribution >= 0.6 is 0 Å². The summed E-state index contributed by atoms with van der Waals surface area (Å²) in [5.74, 6) is -0.689. The highest BCUT2D eigenvalue weighted by molar-refractivity contribution is 5.92. The number of hydrogen-bond donors (Lipinski definition) is 1. The summed E-state index contributed by atoms with van der Waals surface area (Å²) in [5, 5.41) is 6.51. The summed E-state index contributed by atoms with van der Waals surface area (Å²) in [5.41, 5.74) is 4.07. The van der Waals surface area contributed by atoms with Gasteiger partial charge in [-0.3, -0.25) is 4.79 Å². The van der Waals surface area contributed by atoms with Gasteiger partial charge in [-0.15, -0.1) is 0 Å². The van der Waals surface area contributed by atoms with Crippen LogP contribution in [0.15, 0.2) is 47.6 Å². The maximum Gasteiger partial charge on any atom is 0.337 e. The van der Waals surface area contributed by atoms with Crippen molar-refractivity contribution in [2.45, 2.75) is 13.8 Å². The van der Waals surface area contributed by atoms with E-state index in [9.17, 15) is 9.59 Å². The van der Waals surface area contributed by atoms with E-state index in [0.717, 1.165) is 22.4 Å². The minimum Gasteiger partial charge on any atom is -0.465 e. The molecule has 1 N–H and O–H groups in total. The Balaban J connectivity index is 1.82. The number of nitrogens with zero attached hydrogens (tertiary/aromatic N) is 1. The van der Waals surface area contributed by atoms with E-state index >= 15 is 0 Å². The van der Waals surface area contributed by atoms with Crippen LogP contribution in [-0.4, -0.2) is 31.8 Å². The van der Waals surface area contributed by atoms with Crippen molar-refractivity contribution in [1.82, 2.24) is 0 Å². The third-order valence-corrected chi connectivity index (χ3v) is 3.31. The number of esters is 1. The Hall–Kier alpha value is -3.15. The fourth-order valence-electron chi connectivity index (χ4n) is 2.26. The lowest BCUT2D eigenvalue weighted by molar-refractivity contribution is -0.120. The topological polar surface area (TPSA) is 77.0 Å². The van der Waals surface area contributed by atoms with Crippen molar-refractivity contribution in [2.75, 3.05) is 19.0 Å². The van der Waals surface area contributed by atoms with E-state index in [1.165, 1.54) is 13.3 Å². The van der Waals surface area contributed by atoms with E-state index < -0.39 is 5.97 Å². The van der Waals surface area contributed by atoms with Crippen LogP contribution < -0.4 is 5.32 Å². The van der Waals surface area contributed by atoms with Crippen LogP contribution in [0.1, 0.15) is 27.0 Å². The fourth-order valence-corrected chi connectivity index (χ4v) is 2.26. The van der Waals surface area contributed by atoms with Gasteiger partial charge < -0.3 is 14.9 Å². The van der Waals surface area contributed by atoms with Gasteiger partial charge in [0.2, 0.25) is 0 Å². The molecular weight excluding hydrogens is 320 g/mol. The molecule has 130 valence electrons. The highest BCUT2D eigenvalue weighted by atomic mass is 16.6. The number of rotatable bonds is 6. The number of benzene rings is 2. The zero-order valence-corrected chi connectivity index (χ0v) is 14.4. The van der Waals surface area contributed by atoms with Gasteiger partial charge in [-0.1, -0.05) is 23.4 Å². The number of amides is 1. The number of hydrogen-bond acceptors (Lipinski definition) is 5. The van der Waals surface area contributed by atoms with Crippen molar-refractivity contribution in [1.29, 1.82) is 0 Å². The second-order valence-corrected chi connectivity index (χ2v) is 5.55. The van der Waals surface area contributed by atoms with Gasteiger partial charge in [-0.2, -0.15) is 0 Å². The van der Waals surface area contributed by atoms with Gasteiger partial charge >= 0.3 is 5.97 Å². The standard InChI is InChI=1S/C19H20N2O4/c1-13-8-14(2)10-17(9-13)21-18(22)12-25-20-11-15-4-6-16(7-5-15)19(23)24-3/h4-11H,12H2,1-3H3,(H,21,22)/b20-11+. The molecule has 0 spiro atoms. The Morgan fingerprint density at radius 1 is 1.08 bits per heavy atom. The molecule has 0 saturated carbocycles. The largest absolute Gasteiger partial charge is 0.465 e. The molecule has 6 heteroatoms. The average Bonchev–Trinajstić information content (AvgIpc) is 2.57. The van der Waals surface area contributed by atoms with Gasteiger partial charge in [0.05, 0.1) is 18.9 Å². The molecule has 1 amide bonds. The lowest BCUT2D eigenvalue weighted by atomic mass is 10.1. The Morgan fingerprint density at radius 2 is 1.72 bits per heavy atom. The monoisotopic (exact) mass is 340 g/mol. The molecule has 0 fully saturated rings. The molecule has 0 saturated heterocycles. The van der Waals surface area contributed by atoms with E-state index in [1.54, 1.807) is 24.3 Å². The minimum absolute atomic E-state index is 0.191. The summed E-state index contributed by atoms with van der Waals surface area (Å²) in [7, 11) is 1.33. The number of nitrogens with one attached hydrogen (secondary N) is 1. The third-order valence-electron chi connectivity index (χ3n) is 3.31. The quantitative estimate of drug-likeness (QED) is 0.498. The second-order valence-electron chi connectivity index (χ2n) is 5.55. The summed E-state index contributed by atoms with van der Waals surface area (Å²) in [6.45, 7) is 3.74. The summed E-state index contributed by atoms with van der Waals surface area (Å²) in [6.07, 6.45) is 1.46. The van der Waals surface area contributed by atoms with Crippen LogP contribution in [0.4, 0.5) is 5.69 Å². The van der Waals surface area contributed by atoms with Gasteiger partial charge in [-0.25, -0.2) is 4.79 Å². The van der Waals surface area contributed by atoms with Gasteiger partial charge in [0.25, 0.3) is 5.91 Å². The number of carbonyl (C=O) groups excluding carboxylic acids is 2. The molecule has 0 unspecified atom stereocenters. The van der Waals surface area contributed by atoms with Crippen LogP contribution in [0.3, 0.4) is 0 Å². The smallest absolute Gasteiger partial charge is 0.337 e. The molecule has 0 atom stereocenters. The zero-order chi connectivity index (χ0) is 18.2. The highest BCUT2D eigenvalue weighted by Crippen LogP contribution is 2.13. The van der Waals surface area contributed by atoms with Crippen molar-refractivity contribution in [3.05, 3.63) is 64.7 Å². The molecule has 0 radical (unpaired) electrons. The molecule has 0 aromatic heterocycles. The van der Waals surface area contributed by atoms with Crippen LogP contribution in [0.2, 0.25) is 0 Å². The summed E-state index contributed by atoms with van der Waals surface area (Å²) < 4.78 is 4.62. The Kier molecular flexibility index (Phi) is 6.28. The first kappa shape index (κ1) is 18.2. The average molecular weight is 340 g/mol. The van der Waals surface area contributed by atoms with Crippen molar-refractivity contribution in [3.63, 3.8) is 0 Å². The number of carbonyl (C=O) groups is 2. The molecule has 25 heavy (non-hydrogen) atoms. The lowest BCUT2D eigenvalue weighted by Crippen LogP contribution is -2.17. The van der Waals surface area contributed by atoms with Crippen LogP contribution in [-0.2, 0) is 14.4 Å². The molecule has 0 aliphatic heterocycles. The van der Waals surface area contributed by atoms with Gasteiger partial charge in [0.1, 0.15) is 0 Å². The van der Waals surface area contributed by atoms with Crippen molar-refractivity contribution >= 4 is 23.8 Å². The van der Waals surface area contributed by atoms with Crippen molar-refractivity contribution in [2.24, 2.45) is 5.16 Å². The van der Waals surface area contributed by atoms with Crippen LogP contribution in [0.25, 0.3) is 0 Å². The molecule has 2 rings (SSSR count). The molecule has 2 aromatic carbocycles.